The number of hydrogen-bond acceptors (Lipinski definition) is 4. The number of anilines is 2. The number of nitrogens with two attached hydrogens (primary N) is 2. The van der Waals surface area contributed by atoms with E-state index in [1.54, 1.807) is 0 Å². The van der Waals surface area contributed by atoms with Crippen molar-refractivity contribution in [1.29, 1.82) is 0 Å². The number of rotatable bonds is 0. The second-order valence-corrected chi connectivity index (χ2v) is 3.10. The number of phenols is 2. The Morgan fingerprint density at radius 3 is 1.43 bits per heavy atom. The van der Waals surface area contributed by atoms with Gasteiger partial charge < -0.3 is 21.7 Å². The quantitative estimate of drug-likeness (QED) is 0.373. The number of hydrogen-bond donors (Lipinski definition) is 4. The zero-order chi connectivity index (χ0) is 10.3. The van der Waals surface area contributed by atoms with Gasteiger partial charge in [0.15, 0.2) is 0 Å². The molecule has 2 aromatic carbocycles. The molecule has 0 aromatic heterocycles. The molecule has 0 saturated heterocycles. The van der Waals surface area contributed by atoms with E-state index in [-0.39, 0.29) is 11.5 Å². The van der Waals surface area contributed by atoms with Gasteiger partial charge in [-0.25, -0.2) is 0 Å². The first-order chi connectivity index (χ1) is 6.61. The molecule has 0 amide bonds. The average molecular weight is 190 g/mol. The molecule has 0 spiro atoms. The third-order valence-corrected chi connectivity index (χ3v) is 2.18. The third-order valence-electron chi connectivity index (χ3n) is 2.18. The number of benzene rings is 2. The fourth-order valence-corrected chi connectivity index (χ4v) is 1.51. The standard InChI is InChI=1S/C10H10N2O2/c11-5-1-3-7(13)10-6(12)2-4-8(14)9(5)10/h1-4,13-14H,11-12H2. The summed E-state index contributed by atoms with van der Waals surface area (Å²) in [6.07, 6.45) is 0. The van der Waals surface area contributed by atoms with E-state index in [9.17, 15) is 10.2 Å². The van der Waals surface area contributed by atoms with Gasteiger partial charge >= 0.3 is 0 Å². The van der Waals surface area contributed by atoms with Gasteiger partial charge in [0.1, 0.15) is 11.5 Å². The van der Waals surface area contributed by atoms with Crippen LogP contribution in [0.2, 0.25) is 0 Å². The second-order valence-electron chi connectivity index (χ2n) is 3.10. The van der Waals surface area contributed by atoms with Crippen molar-refractivity contribution < 1.29 is 10.2 Å². The van der Waals surface area contributed by atoms with E-state index in [1.807, 2.05) is 0 Å². The topological polar surface area (TPSA) is 92.5 Å². The lowest BCUT2D eigenvalue weighted by molar-refractivity contribution is 0.476. The molecule has 0 saturated carbocycles. The minimum Gasteiger partial charge on any atom is -0.507 e. The van der Waals surface area contributed by atoms with E-state index in [0.717, 1.165) is 0 Å². The number of nitrogen functional groups attached to an aromatic ring is 2. The molecule has 4 nitrogen and oxygen atoms in total. The van der Waals surface area contributed by atoms with Gasteiger partial charge in [0.25, 0.3) is 0 Å². The highest BCUT2D eigenvalue weighted by molar-refractivity contribution is 6.07. The van der Waals surface area contributed by atoms with Gasteiger partial charge in [-0.05, 0) is 24.3 Å². The summed E-state index contributed by atoms with van der Waals surface area (Å²) in [7, 11) is 0. The molecule has 0 heterocycles. The van der Waals surface area contributed by atoms with Crippen molar-refractivity contribution in [2.75, 3.05) is 11.5 Å². The zero-order valence-electron chi connectivity index (χ0n) is 7.36. The van der Waals surface area contributed by atoms with Crippen LogP contribution in [0, 0.1) is 0 Å². The van der Waals surface area contributed by atoms with Crippen molar-refractivity contribution in [3.63, 3.8) is 0 Å². The van der Waals surface area contributed by atoms with Gasteiger partial charge in [0.05, 0.1) is 10.8 Å². The Morgan fingerprint density at radius 1 is 0.714 bits per heavy atom. The van der Waals surface area contributed by atoms with E-state index in [2.05, 4.69) is 0 Å². The van der Waals surface area contributed by atoms with Crippen molar-refractivity contribution in [3.8, 4) is 11.5 Å². The highest BCUT2D eigenvalue weighted by Crippen LogP contribution is 2.38. The molecular weight excluding hydrogens is 180 g/mol. The van der Waals surface area contributed by atoms with Gasteiger partial charge in [-0.1, -0.05) is 0 Å². The van der Waals surface area contributed by atoms with E-state index in [4.69, 9.17) is 11.5 Å². The Bertz CT molecular complexity index is 420. The SMILES string of the molecule is Nc1ccc(O)c2c(N)ccc(O)c12. The molecule has 0 fully saturated rings. The fraction of sp³-hybridized carbons (Fsp3) is 0. The van der Waals surface area contributed by atoms with Crippen LogP contribution in [-0.4, -0.2) is 10.2 Å². The fourth-order valence-electron chi connectivity index (χ4n) is 1.51. The van der Waals surface area contributed by atoms with Crippen LogP contribution in [0.25, 0.3) is 10.8 Å². The summed E-state index contributed by atoms with van der Waals surface area (Å²) < 4.78 is 0. The molecule has 0 aliphatic heterocycles. The van der Waals surface area contributed by atoms with Crippen molar-refractivity contribution in [2.24, 2.45) is 0 Å². The van der Waals surface area contributed by atoms with Crippen molar-refractivity contribution in [1.82, 2.24) is 0 Å². The van der Waals surface area contributed by atoms with E-state index in [0.29, 0.717) is 22.1 Å². The summed E-state index contributed by atoms with van der Waals surface area (Å²) in [6, 6.07) is 5.95. The molecule has 0 bridgehead atoms. The van der Waals surface area contributed by atoms with Crippen LogP contribution in [0.5, 0.6) is 11.5 Å². The van der Waals surface area contributed by atoms with Gasteiger partial charge in [0.2, 0.25) is 0 Å². The molecular formula is C10H10N2O2. The van der Waals surface area contributed by atoms with Gasteiger partial charge in [-0.3, -0.25) is 0 Å². The number of phenolic OH excluding ortho intramolecular Hbond substituents is 2. The molecule has 0 atom stereocenters. The smallest absolute Gasteiger partial charge is 0.125 e. The molecule has 0 radical (unpaired) electrons. The summed E-state index contributed by atoms with van der Waals surface area (Å²) >= 11 is 0. The molecule has 2 aromatic rings. The Hall–Kier alpha value is -2.10. The molecule has 0 aliphatic rings. The maximum Gasteiger partial charge on any atom is 0.125 e. The highest BCUT2D eigenvalue weighted by atomic mass is 16.3. The Labute approximate surface area is 80.4 Å². The van der Waals surface area contributed by atoms with Crippen LogP contribution in [0.3, 0.4) is 0 Å². The second kappa shape index (κ2) is 2.70. The lowest BCUT2D eigenvalue weighted by Gasteiger charge is -2.08. The predicted molar refractivity (Wildman–Crippen MR) is 56.1 cm³/mol. The maximum absolute atomic E-state index is 9.55. The van der Waals surface area contributed by atoms with Crippen LogP contribution in [-0.2, 0) is 0 Å². The zero-order valence-corrected chi connectivity index (χ0v) is 7.36. The minimum absolute atomic E-state index is 0.0163. The van der Waals surface area contributed by atoms with Crippen molar-refractivity contribution in [3.05, 3.63) is 24.3 Å². The first-order valence-corrected chi connectivity index (χ1v) is 4.10. The Balaban J connectivity index is 3.05. The molecule has 2 rings (SSSR count). The molecule has 0 unspecified atom stereocenters. The van der Waals surface area contributed by atoms with E-state index >= 15 is 0 Å². The predicted octanol–water partition coefficient (Wildman–Crippen LogP) is 1.42. The molecule has 0 aliphatic carbocycles. The number of aromatic hydroxyl groups is 2. The minimum atomic E-state index is 0.0163. The van der Waals surface area contributed by atoms with Crippen molar-refractivity contribution in [2.45, 2.75) is 0 Å². The van der Waals surface area contributed by atoms with Gasteiger partial charge in [-0.2, -0.15) is 0 Å². The molecule has 6 N–H and O–H groups in total. The van der Waals surface area contributed by atoms with E-state index in [1.165, 1.54) is 24.3 Å². The van der Waals surface area contributed by atoms with Crippen LogP contribution < -0.4 is 11.5 Å². The summed E-state index contributed by atoms with van der Waals surface area (Å²) in [6.45, 7) is 0. The summed E-state index contributed by atoms with van der Waals surface area (Å²) in [5.74, 6) is 0.0326. The van der Waals surface area contributed by atoms with Crippen LogP contribution >= 0.6 is 0 Å². The molecule has 72 valence electrons. The largest absolute Gasteiger partial charge is 0.507 e. The average Bonchev–Trinajstić information content (AvgIpc) is 2.16. The third kappa shape index (κ3) is 1.01. The van der Waals surface area contributed by atoms with E-state index < -0.39 is 0 Å². The van der Waals surface area contributed by atoms with Crippen LogP contribution in [0.1, 0.15) is 0 Å². The summed E-state index contributed by atoms with van der Waals surface area (Å²) in [5.41, 5.74) is 12.1. The Kier molecular flexibility index (Phi) is 1.64. The molecule has 4 heteroatoms. The first-order valence-electron chi connectivity index (χ1n) is 4.10. The normalized spacial score (nSPS) is 10.6. The monoisotopic (exact) mass is 190 g/mol. The first kappa shape index (κ1) is 8.50. The van der Waals surface area contributed by atoms with Crippen LogP contribution in [0.15, 0.2) is 24.3 Å². The summed E-state index contributed by atoms with van der Waals surface area (Å²) in [5, 5.41) is 19.9. The van der Waals surface area contributed by atoms with Crippen LogP contribution in [0.4, 0.5) is 11.4 Å². The van der Waals surface area contributed by atoms with Gasteiger partial charge in [0, 0.05) is 11.4 Å². The lowest BCUT2D eigenvalue weighted by Crippen LogP contribution is -1.92. The summed E-state index contributed by atoms with van der Waals surface area (Å²) in [4.78, 5) is 0. The van der Waals surface area contributed by atoms with Gasteiger partial charge in [-0.15, -0.1) is 0 Å². The maximum atomic E-state index is 9.55. The Morgan fingerprint density at radius 2 is 1.07 bits per heavy atom. The highest BCUT2D eigenvalue weighted by Gasteiger charge is 2.10. The lowest BCUT2D eigenvalue weighted by atomic mass is 10.1. The molecule has 14 heavy (non-hydrogen) atoms. The van der Waals surface area contributed by atoms with Crippen molar-refractivity contribution >= 4 is 22.1 Å². The number of fused-ring (bicyclic) bond motifs is 1.